The third-order valence-corrected chi connectivity index (χ3v) is 4.75. The quantitative estimate of drug-likeness (QED) is 0.571. The van der Waals surface area contributed by atoms with Crippen LogP contribution in [0.2, 0.25) is 0 Å². The van der Waals surface area contributed by atoms with E-state index < -0.39 is 0 Å². The Balaban J connectivity index is 2.25. The smallest absolute Gasteiger partial charge is 0.261 e. The number of anilines is 1. The van der Waals surface area contributed by atoms with Crippen LogP contribution in [-0.2, 0) is 6.42 Å². The lowest BCUT2D eigenvalue weighted by molar-refractivity contribution is 0.102. The number of nitrogens with one attached hydrogen (secondary N) is 1. The summed E-state index contributed by atoms with van der Waals surface area (Å²) in [6.07, 6.45) is 5.40. The predicted molar refractivity (Wildman–Crippen MR) is 112 cm³/mol. The van der Waals surface area contributed by atoms with Crippen molar-refractivity contribution in [1.82, 2.24) is 4.98 Å². The minimum absolute atomic E-state index is 0.160. The first-order valence-electron chi connectivity index (χ1n) is 9.98. The zero-order chi connectivity index (χ0) is 19.8. The van der Waals surface area contributed by atoms with Crippen LogP contribution in [0.4, 0.5) is 5.69 Å². The van der Waals surface area contributed by atoms with Crippen molar-refractivity contribution in [2.75, 3.05) is 11.9 Å². The number of rotatable bonds is 9. The fourth-order valence-electron chi connectivity index (χ4n) is 3.27. The third-order valence-electron chi connectivity index (χ3n) is 4.75. The van der Waals surface area contributed by atoms with Crippen molar-refractivity contribution in [2.45, 2.75) is 66.7 Å². The summed E-state index contributed by atoms with van der Waals surface area (Å²) >= 11 is 0. The number of carbonyl (C=O) groups excluding carboxylic acids is 1. The van der Waals surface area contributed by atoms with Crippen LogP contribution in [0.5, 0.6) is 5.75 Å². The summed E-state index contributed by atoms with van der Waals surface area (Å²) in [5.41, 5.74) is 5.16. The van der Waals surface area contributed by atoms with E-state index in [2.05, 4.69) is 24.1 Å². The van der Waals surface area contributed by atoms with Crippen LogP contribution in [0.3, 0.4) is 0 Å². The first-order valence-corrected chi connectivity index (χ1v) is 9.98. The van der Waals surface area contributed by atoms with Gasteiger partial charge in [-0.15, -0.1) is 0 Å². The van der Waals surface area contributed by atoms with E-state index in [1.807, 2.05) is 45.0 Å². The molecule has 27 heavy (non-hydrogen) atoms. The molecule has 1 aromatic carbocycles. The van der Waals surface area contributed by atoms with E-state index in [9.17, 15) is 4.79 Å². The highest BCUT2D eigenvalue weighted by Gasteiger charge is 2.19. The molecule has 0 aliphatic heterocycles. The molecular weight excluding hydrogens is 336 g/mol. The van der Waals surface area contributed by atoms with Gasteiger partial charge in [-0.1, -0.05) is 51.3 Å². The number of pyridine rings is 1. The molecule has 2 rings (SSSR count). The summed E-state index contributed by atoms with van der Waals surface area (Å²) in [5.74, 6) is 0.466. The van der Waals surface area contributed by atoms with E-state index in [-0.39, 0.29) is 5.91 Å². The van der Waals surface area contributed by atoms with Crippen LogP contribution < -0.4 is 10.1 Å². The minimum atomic E-state index is -0.160. The van der Waals surface area contributed by atoms with Gasteiger partial charge in [0, 0.05) is 17.4 Å². The van der Waals surface area contributed by atoms with Crippen molar-refractivity contribution in [3.63, 3.8) is 0 Å². The monoisotopic (exact) mass is 368 g/mol. The summed E-state index contributed by atoms with van der Waals surface area (Å²) in [6, 6.07) is 7.95. The molecule has 0 bridgehead atoms. The molecule has 1 amide bonds. The van der Waals surface area contributed by atoms with Crippen LogP contribution in [-0.4, -0.2) is 17.5 Å². The number of nitrogens with zero attached hydrogens (tertiary/aromatic N) is 1. The van der Waals surface area contributed by atoms with Gasteiger partial charge in [0.2, 0.25) is 0 Å². The molecule has 0 fully saturated rings. The zero-order valence-corrected chi connectivity index (χ0v) is 17.3. The lowest BCUT2D eigenvalue weighted by Gasteiger charge is -2.17. The number of hydrogen-bond donors (Lipinski definition) is 1. The Bertz CT molecular complexity index is 784. The Morgan fingerprint density at radius 2 is 1.89 bits per heavy atom. The first kappa shape index (κ1) is 20.9. The molecule has 4 heteroatoms. The van der Waals surface area contributed by atoms with Crippen molar-refractivity contribution in [2.24, 2.45) is 0 Å². The van der Waals surface area contributed by atoms with Gasteiger partial charge in [-0.25, -0.2) is 0 Å². The van der Waals surface area contributed by atoms with Crippen LogP contribution in [0, 0.1) is 20.8 Å². The molecule has 0 spiro atoms. The zero-order valence-electron chi connectivity index (χ0n) is 17.3. The second-order valence-corrected chi connectivity index (χ2v) is 7.05. The summed E-state index contributed by atoms with van der Waals surface area (Å²) in [7, 11) is 0. The fourth-order valence-corrected chi connectivity index (χ4v) is 3.27. The van der Waals surface area contributed by atoms with Crippen molar-refractivity contribution in [1.29, 1.82) is 0 Å². The Morgan fingerprint density at radius 3 is 2.59 bits per heavy atom. The standard InChI is InChI=1S/C23H32N2O2/c1-6-8-9-10-14-27-20-15-17(4)24-18(5)21(20)23(26)25-22-16(3)12-11-13-19(22)7-2/h11-13,15H,6-10,14H2,1-5H3,(H,25,26). The van der Waals surface area contributed by atoms with Gasteiger partial charge in [0.15, 0.2) is 0 Å². The van der Waals surface area contributed by atoms with Gasteiger partial charge in [-0.05, 0) is 44.7 Å². The van der Waals surface area contributed by atoms with Gasteiger partial charge in [0.05, 0.1) is 12.3 Å². The Hall–Kier alpha value is -2.36. The van der Waals surface area contributed by atoms with E-state index >= 15 is 0 Å². The highest BCUT2D eigenvalue weighted by atomic mass is 16.5. The van der Waals surface area contributed by atoms with Gasteiger partial charge < -0.3 is 10.1 Å². The Morgan fingerprint density at radius 1 is 1.11 bits per heavy atom. The average molecular weight is 369 g/mol. The number of aromatic nitrogens is 1. The predicted octanol–water partition coefficient (Wildman–Crippen LogP) is 5.78. The number of amides is 1. The molecule has 0 atom stereocenters. The van der Waals surface area contributed by atoms with E-state index in [1.165, 1.54) is 12.8 Å². The number of carbonyl (C=O) groups is 1. The number of para-hydroxylation sites is 1. The SMILES string of the molecule is CCCCCCOc1cc(C)nc(C)c1C(=O)Nc1c(C)cccc1CC. The lowest BCUT2D eigenvalue weighted by Crippen LogP contribution is -2.18. The summed E-state index contributed by atoms with van der Waals surface area (Å²) in [4.78, 5) is 17.6. The Labute approximate surface area is 163 Å². The first-order chi connectivity index (χ1) is 13.0. The molecule has 0 saturated heterocycles. The van der Waals surface area contributed by atoms with Gasteiger partial charge >= 0.3 is 0 Å². The maximum absolute atomic E-state index is 13.1. The highest BCUT2D eigenvalue weighted by molar-refractivity contribution is 6.07. The van der Waals surface area contributed by atoms with E-state index in [4.69, 9.17) is 4.74 Å². The van der Waals surface area contributed by atoms with Gasteiger partial charge in [-0.2, -0.15) is 0 Å². The second kappa shape index (κ2) is 10.1. The van der Waals surface area contributed by atoms with Gasteiger partial charge in [0.1, 0.15) is 11.3 Å². The molecule has 1 aromatic heterocycles. The third kappa shape index (κ3) is 5.56. The second-order valence-electron chi connectivity index (χ2n) is 7.05. The van der Waals surface area contributed by atoms with Gasteiger partial charge in [-0.3, -0.25) is 9.78 Å². The molecule has 0 saturated carbocycles. The molecule has 0 aliphatic rings. The topological polar surface area (TPSA) is 51.2 Å². The van der Waals surface area contributed by atoms with E-state index in [0.717, 1.165) is 41.8 Å². The number of unbranched alkanes of at least 4 members (excludes halogenated alkanes) is 3. The fraction of sp³-hybridized carbons (Fsp3) is 0.478. The van der Waals surface area contributed by atoms with Crippen LogP contribution >= 0.6 is 0 Å². The maximum Gasteiger partial charge on any atom is 0.261 e. The van der Waals surface area contributed by atoms with Crippen LogP contribution in [0.25, 0.3) is 0 Å². The van der Waals surface area contributed by atoms with Crippen molar-refractivity contribution in [3.8, 4) is 5.75 Å². The molecule has 4 nitrogen and oxygen atoms in total. The minimum Gasteiger partial charge on any atom is -0.493 e. The van der Waals surface area contributed by atoms with Crippen molar-refractivity contribution >= 4 is 11.6 Å². The summed E-state index contributed by atoms with van der Waals surface area (Å²) < 4.78 is 5.99. The van der Waals surface area contributed by atoms with Crippen LogP contribution in [0.15, 0.2) is 24.3 Å². The molecule has 1 heterocycles. The highest BCUT2D eigenvalue weighted by Crippen LogP contribution is 2.27. The largest absolute Gasteiger partial charge is 0.493 e. The van der Waals surface area contributed by atoms with E-state index in [0.29, 0.717) is 23.6 Å². The average Bonchev–Trinajstić information content (AvgIpc) is 2.62. The molecule has 146 valence electrons. The van der Waals surface area contributed by atoms with Gasteiger partial charge in [0.25, 0.3) is 5.91 Å². The Kier molecular flexibility index (Phi) is 7.83. The lowest BCUT2D eigenvalue weighted by atomic mass is 10.0. The maximum atomic E-state index is 13.1. The number of ether oxygens (including phenoxy) is 1. The molecule has 0 radical (unpaired) electrons. The molecule has 1 N–H and O–H groups in total. The number of benzene rings is 1. The normalized spacial score (nSPS) is 10.7. The van der Waals surface area contributed by atoms with Crippen LogP contribution in [0.1, 0.15) is 72.4 Å². The number of aryl methyl sites for hydroxylation is 4. The molecule has 0 aliphatic carbocycles. The molecule has 2 aromatic rings. The molecular formula is C23H32N2O2. The van der Waals surface area contributed by atoms with Crippen molar-refractivity contribution < 1.29 is 9.53 Å². The summed E-state index contributed by atoms with van der Waals surface area (Å²) in [6.45, 7) is 10.7. The van der Waals surface area contributed by atoms with E-state index in [1.54, 1.807) is 0 Å². The van der Waals surface area contributed by atoms with Crippen molar-refractivity contribution in [3.05, 3.63) is 52.3 Å². The molecule has 0 unspecified atom stereocenters. The summed E-state index contributed by atoms with van der Waals surface area (Å²) in [5, 5.41) is 3.10. The number of hydrogen-bond acceptors (Lipinski definition) is 3.